The number of benzene rings is 1. The zero-order chi connectivity index (χ0) is 15.5. The molecular formula is C14H20N2O4S. The van der Waals surface area contributed by atoms with E-state index in [9.17, 15) is 13.2 Å². The molecule has 1 aliphatic rings. The van der Waals surface area contributed by atoms with Crippen LogP contribution in [0.4, 0.5) is 10.5 Å². The van der Waals surface area contributed by atoms with Crippen molar-refractivity contribution in [1.29, 1.82) is 0 Å². The minimum absolute atomic E-state index is 0.0367. The van der Waals surface area contributed by atoms with Gasteiger partial charge in [0.1, 0.15) is 0 Å². The molecule has 1 heterocycles. The average molecular weight is 312 g/mol. The standard InChI is InChI=1S/C14H20N2O4S/c1-3-11-10-16(8-9-20-11)14(17)15-12-6-4-5-7-13(12)21(2,18)19/h4-7,11H,3,8-10H2,1-2H3,(H,15,17)/t11-/m0/s1. The molecule has 2 amide bonds. The highest BCUT2D eigenvalue weighted by Gasteiger charge is 2.24. The molecule has 2 rings (SSSR count). The lowest BCUT2D eigenvalue weighted by atomic mass is 10.2. The van der Waals surface area contributed by atoms with E-state index in [1.165, 1.54) is 6.07 Å². The highest BCUT2D eigenvalue weighted by molar-refractivity contribution is 7.90. The van der Waals surface area contributed by atoms with Gasteiger partial charge in [-0.2, -0.15) is 0 Å². The summed E-state index contributed by atoms with van der Waals surface area (Å²) in [7, 11) is -3.38. The van der Waals surface area contributed by atoms with Crippen molar-refractivity contribution >= 4 is 21.6 Å². The first-order chi connectivity index (χ1) is 9.91. The van der Waals surface area contributed by atoms with Gasteiger partial charge in [-0.05, 0) is 18.6 Å². The molecule has 0 unspecified atom stereocenters. The molecule has 6 nitrogen and oxygen atoms in total. The summed E-state index contributed by atoms with van der Waals surface area (Å²) in [5.74, 6) is 0. The van der Waals surface area contributed by atoms with Crippen LogP contribution in [0.25, 0.3) is 0 Å². The highest BCUT2D eigenvalue weighted by atomic mass is 32.2. The number of carbonyl (C=O) groups is 1. The van der Waals surface area contributed by atoms with Crippen molar-refractivity contribution in [2.75, 3.05) is 31.3 Å². The van der Waals surface area contributed by atoms with Gasteiger partial charge < -0.3 is 15.0 Å². The SMILES string of the molecule is CC[C@H]1CN(C(=O)Nc2ccccc2S(C)(=O)=O)CCO1. The van der Waals surface area contributed by atoms with Gasteiger partial charge in [-0.15, -0.1) is 0 Å². The second-order valence-electron chi connectivity index (χ2n) is 5.05. The van der Waals surface area contributed by atoms with Crippen LogP contribution in [0.3, 0.4) is 0 Å². The molecule has 116 valence electrons. The Hall–Kier alpha value is -1.60. The summed E-state index contributed by atoms with van der Waals surface area (Å²) in [4.78, 5) is 14.0. The maximum absolute atomic E-state index is 12.3. The van der Waals surface area contributed by atoms with Crippen molar-refractivity contribution in [2.24, 2.45) is 0 Å². The van der Waals surface area contributed by atoms with Crippen molar-refractivity contribution < 1.29 is 17.9 Å². The fourth-order valence-corrected chi connectivity index (χ4v) is 3.08. The van der Waals surface area contributed by atoms with Crippen LogP contribution in [0.15, 0.2) is 29.2 Å². The molecule has 0 saturated carbocycles. The van der Waals surface area contributed by atoms with E-state index in [4.69, 9.17) is 4.74 Å². The molecule has 1 aliphatic heterocycles. The smallest absolute Gasteiger partial charge is 0.322 e. The quantitative estimate of drug-likeness (QED) is 0.922. The summed E-state index contributed by atoms with van der Waals surface area (Å²) in [6.45, 7) is 3.53. The summed E-state index contributed by atoms with van der Waals surface area (Å²) in [5.41, 5.74) is 0.310. The molecule has 0 aromatic heterocycles. The Labute approximate surface area is 125 Å². The predicted octanol–water partition coefficient (Wildman–Crippen LogP) is 1.73. The lowest BCUT2D eigenvalue weighted by Gasteiger charge is -2.32. The van der Waals surface area contributed by atoms with Crippen LogP contribution in [0.1, 0.15) is 13.3 Å². The summed E-state index contributed by atoms with van der Waals surface area (Å²) in [6, 6.07) is 6.10. The number of carbonyl (C=O) groups excluding carboxylic acids is 1. The lowest BCUT2D eigenvalue weighted by molar-refractivity contribution is -0.0134. The molecule has 0 bridgehead atoms. The van der Waals surface area contributed by atoms with E-state index in [0.29, 0.717) is 25.4 Å². The Morgan fingerprint density at radius 3 is 2.81 bits per heavy atom. The Morgan fingerprint density at radius 2 is 2.14 bits per heavy atom. The Morgan fingerprint density at radius 1 is 1.43 bits per heavy atom. The zero-order valence-corrected chi connectivity index (χ0v) is 13.0. The lowest BCUT2D eigenvalue weighted by Crippen LogP contribution is -2.47. The van der Waals surface area contributed by atoms with E-state index in [-0.39, 0.29) is 17.0 Å². The zero-order valence-electron chi connectivity index (χ0n) is 12.2. The summed E-state index contributed by atoms with van der Waals surface area (Å²) in [6.07, 6.45) is 2.00. The van der Waals surface area contributed by atoms with Crippen LogP contribution in [0.2, 0.25) is 0 Å². The summed E-state index contributed by atoms with van der Waals surface area (Å²) in [5, 5.41) is 2.68. The number of sulfone groups is 1. The van der Waals surface area contributed by atoms with Crippen molar-refractivity contribution in [3.63, 3.8) is 0 Å². The first-order valence-corrected chi connectivity index (χ1v) is 8.77. The van der Waals surface area contributed by atoms with Gasteiger partial charge in [0.2, 0.25) is 0 Å². The number of morpholine rings is 1. The van der Waals surface area contributed by atoms with E-state index in [1.807, 2.05) is 6.92 Å². The van der Waals surface area contributed by atoms with Crippen molar-refractivity contribution in [3.8, 4) is 0 Å². The number of nitrogens with zero attached hydrogens (tertiary/aromatic N) is 1. The molecule has 0 spiro atoms. The number of hydrogen-bond donors (Lipinski definition) is 1. The molecular weight excluding hydrogens is 292 g/mol. The largest absolute Gasteiger partial charge is 0.375 e. The normalized spacial score (nSPS) is 19.3. The number of rotatable bonds is 3. The van der Waals surface area contributed by atoms with Crippen LogP contribution in [0.5, 0.6) is 0 Å². The Kier molecular flexibility index (Phi) is 4.84. The van der Waals surface area contributed by atoms with Crippen molar-refractivity contribution in [1.82, 2.24) is 4.90 Å². The molecule has 21 heavy (non-hydrogen) atoms. The molecule has 0 aliphatic carbocycles. The fraction of sp³-hybridized carbons (Fsp3) is 0.500. The third-order valence-electron chi connectivity index (χ3n) is 3.41. The first kappa shape index (κ1) is 15.8. The van der Waals surface area contributed by atoms with Crippen LogP contribution in [-0.4, -0.2) is 51.4 Å². The van der Waals surface area contributed by atoms with E-state index >= 15 is 0 Å². The molecule has 1 atom stereocenters. The minimum Gasteiger partial charge on any atom is -0.375 e. The summed E-state index contributed by atoms with van der Waals surface area (Å²) >= 11 is 0. The Balaban J connectivity index is 2.13. The molecule has 0 radical (unpaired) electrons. The first-order valence-electron chi connectivity index (χ1n) is 6.88. The van der Waals surface area contributed by atoms with Gasteiger partial charge in [-0.1, -0.05) is 19.1 Å². The van der Waals surface area contributed by atoms with E-state index in [0.717, 1.165) is 12.7 Å². The van der Waals surface area contributed by atoms with Gasteiger partial charge in [-0.25, -0.2) is 13.2 Å². The third kappa shape index (κ3) is 3.95. The maximum Gasteiger partial charge on any atom is 0.322 e. The number of para-hydroxylation sites is 1. The number of ether oxygens (including phenoxy) is 1. The predicted molar refractivity (Wildman–Crippen MR) is 80.2 cm³/mol. The topological polar surface area (TPSA) is 75.7 Å². The Bertz CT molecular complexity index is 615. The van der Waals surface area contributed by atoms with Crippen LogP contribution in [-0.2, 0) is 14.6 Å². The number of amides is 2. The maximum atomic E-state index is 12.3. The minimum atomic E-state index is -3.38. The highest BCUT2D eigenvalue weighted by Crippen LogP contribution is 2.21. The molecule has 7 heteroatoms. The van der Waals surface area contributed by atoms with Gasteiger partial charge >= 0.3 is 6.03 Å². The fourth-order valence-electron chi connectivity index (χ4n) is 2.24. The van der Waals surface area contributed by atoms with Gasteiger partial charge in [0, 0.05) is 19.3 Å². The second kappa shape index (κ2) is 6.44. The molecule has 1 aromatic carbocycles. The number of anilines is 1. The van der Waals surface area contributed by atoms with Gasteiger partial charge in [0.05, 0.1) is 23.3 Å². The van der Waals surface area contributed by atoms with Crippen molar-refractivity contribution in [3.05, 3.63) is 24.3 Å². The monoisotopic (exact) mass is 312 g/mol. The van der Waals surface area contributed by atoms with E-state index < -0.39 is 9.84 Å². The third-order valence-corrected chi connectivity index (χ3v) is 4.56. The van der Waals surface area contributed by atoms with Crippen molar-refractivity contribution in [2.45, 2.75) is 24.3 Å². The summed E-state index contributed by atoms with van der Waals surface area (Å²) < 4.78 is 29.0. The van der Waals surface area contributed by atoms with Crippen LogP contribution >= 0.6 is 0 Å². The van der Waals surface area contributed by atoms with Gasteiger partial charge in [0.15, 0.2) is 9.84 Å². The molecule has 1 N–H and O–H groups in total. The van der Waals surface area contributed by atoms with Crippen LogP contribution in [0, 0.1) is 0 Å². The molecule has 1 fully saturated rings. The average Bonchev–Trinajstić information content (AvgIpc) is 2.46. The van der Waals surface area contributed by atoms with E-state index in [1.54, 1.807) is 23.1 Å². The number of hydrogen-bond acceptors (Lipinski definition) is 4. The van der Waals surface area contributed by atoms with Crippen LogP contribution < -0.4 is 5.32 Å². The van der Waals surface area contributed by atoms with Gasteiger partial charge in [0.25, 0.3) is 0 Å². The number of urea groups is 1. The van der Waals surface area contributed by atoms with Gasteiger partial charge in [-0.3, -0.25) is 0 Å². The molecule has 1 aromatic rings. The van der Waals surface area contributed by atoms with E-state index in [2.05, 4.69) is 5.32 Å². The second-order valence-corrected chi connectivity index (χ2v) is 7.03. The number of nitrogens with one attached hydrogen (secondary N) is 1. The molecule has 1 saturated heterocycles.